The van der Waals surface area contributed by atoms with Crippen molar-refractivity contribution < 1.29 is 14.3 Å². The number of nitrogens with zero attached hydrogens (tertiary/aromatic N) is 1. The Kier molecular flexibility index (Phi) is 8.30. The van der Waals surface area contributed by atoms with Crippen LogP contribution in [-0.2, 0) is 11.4 Å². The number of aryl methyl sites for hydroxylation is 1. The molecule has 33 heavy (non-hydrogen) atoms. The number of benzene rings is 3. The summed E-state index contributed by atoms with van der Waals surface area (Å²) < 4.78 is 11.9. The molecule has 3 rings (SSSR count). The Morgan fingerprint density at radius 2 is 1.82 bits per heavy atom. The van der Waals surface area contributed by atoms with Gasteiger partial charge in [-0.1, -0.05) is 41.8 Å². The van der Waals surface area contributed by atoms with Gasteiger partial charge < -0.3 is 14.8 Å². The van der Waals surface area contributed by atoms with E-state index in [0.717, 1.165) is 5.56 Å². The first-order valence-corrected chi connectivity index (χ1v) is 10.8. The molecule has 1 amide bonds. The highest BCUT2D eigenvalue weighted by Gasteiger charge is 2.11. The van der Waals surface area contributed by atoms with Crippen LogP contribution in [0, 0.1) is 30.6 Å². The van der Waals surface area contributed by atoms with Gasteiger partial charge in [0.25, 0.3) is 5.91 Å². The lowest BCUT2D eigenvalue weighted by Gasteiger charge is -2.09. The number of terminal acetylenes is 1. The molecule has 3 aromatic carbocycles. The van der Waals surface area contributed by atoms with Crippen LogP contribution in [0.1, 0.15) is 16.7 Å². The van der Waals surface area contributed by atoms with Gasteiger partial charge in [-0.05, 0) is 76.5 Å². The number of carbonyl (C=O) groups excluding carboxylic acids is 1. The number of nitrogens with one attached hydrogen (secondary N) is 1. The number of amides is 1. The molecule has 0 saturated carbocycles. The number of halogens is 1. The predicted octanol–water partition coefficient (Wildman–Crippen LogP) is 5.89. The van der Waals surface area contributed by atoms with Crippen molar-refractivity contribution in [3.8, 4) is 29.9 Å². The molecule has 0 radical (unpaired) electrons. The van der Waals surface area contributed by atoms with Crippen LogP contribution in [-0.4, -0.2) is 12.5 Å². The van der Waals surface area contributed by atoms with Gasteiger partial charge in [0, 0.05) is 5.69 Å². The van der Waals surface area contributed by atoms with Crippen molar-refractivity contribution >= 4 is 33.6 Å². The molecule has 6 heteroatoms. The lowest BCUT2D eigenvalue weighted by Crippen LogP contribution is -2.13. The molecule has 0 heterocycles. The molecule has 0 aromatic heterocycles. The molecule has 0 bridgehead atoms. The Labute approximate surface area is 201 Å². The van der Waals surface area contributed by atoms with Crippen molar-refractivity contribution in [3.63, 3.8) is 0 Å². The Morgan fingerprint density at radius 3 is 2.45 bits per heavy atom. The summed E-state index contributed by atoms with van der Waals surface area (Å²) in [7, 11) is 0. The van der Waals surface area contributed by atoms with E-state index in [1.54, 1.807) is 42.5 Å². The SMILES string of the molecule is C#CCOc1ccc(/C=C(\C#N)C(=O)Nc2ccc(OCc3ccc(C)cc3)cc2)cc1Br. The molecular weight excluding hydrogens is 480 g/mol. The topological polar surface area (TPSA) is 71.3 Å². The second kappa shape index (κ2) is 11.6. The molecule has 0 atom stereocenters. The summed E-state index contributed by atoms with van der Waals surface area (Å²) in [5.41, 5.74) is 3.47. The minimum absolute atomic E-state index is 0.0288. The van der Waals surface area contributed by atoms with Crippen LogP contribution in [0.5, 0.6) is 11.5 Å². The summed E-state index contributed by atoms with van der Waals surface area (Å²) >= 11 is 3.40. The zero-order valence-electron chi connectivity index (χ0n) is 18.0. The number of hydrogen-bond acceptors (Lipinski definition) is 4. The molecule has 3 aromatic rings. The van der Waals surface area contributed by atoms with Crippen LogP contribution in [0.2, 0.25) is 0 Å². The lowest BCUT2D eigenvalue weighted by molar-refractivity contribution is -0.112. The molecule has 0 aliphatic carbocycles. The van der Waals surface area contributed by atoms with Crippen LogP contribution in [0.25, 0.3) is 6.08 Å². The van der Waals surface area contributed by atoms with Crippen LogP contribution < -0.4 is 14.8 Å². The Bertz CT molecular complexity index is 1230. The normalized spacial score (nSPS) is 10.6. The fourth-order valence-corrected chi connectivity index (χ4v) is 3.35. The highest BCUT2D eigenvalue weighted by atomic mass is 79.9. The first kappa shape index (κ1) is 23.7. The van der Waals surface area contributed by atoms with E-state index in [2.05, 4.69) is 27.2 Å². The maximum atomic E-state index is 12.6. The monoisotopic (exact) mass is 500 g/mol. The van der Waals surface area contributed by atoms with Gasteiger partial charge >= 0.3 is 0 Å². The van der Waals surface area contributed by atoms with Gasteiger partial charge in [0.15, 0.2) is 0 Å². The molecule has 0 unspecified atom stereocenters. The van der Waals surface area contributed by atoms with Crippen LogP contribution >= 0.6 is 15.9 Å². The van der Waals surface area contributed by atoms with E-state index in [-0.39, 0.29) is 12.2 Å². The molecular formula is C27H21BrN2O3. The number of carbonyl (C=O) groups is 1. The van der Waals surface area contributed by atoms with E-state index in [1.807, 2.05) is 37.3 Å². The number of nitriles is 1. The van der Waals surface area contributed by atoms with Gasteiger partial charge in [0.2, 0.25) is 0 Å². The standard InChI is InChI=1S/C27H21BrN2O3/c1-3-14-32-26-13-8-21(16-25(26)28)15-22(17-29)27(31)30-23-9-11-24(12-10-23)33-18-20-6-4-19(2)5-7-20/h1,4-13,15-16H,14,18H2,2H3,(H,30,31)/b22-15+. The Balaban J connectivity index is 1.62. The van der Waals surface area contributed by atoms with E-state index < -0.39 is 5.91 Å². The number of ether oxygens (including phenoxy) is 2. The molecule has 0 aliphatic heterocycles. The summed E-state index contributed by atoms with van der Waals surface area (Å²) in [6, 6.07) is 22.3. The van der Waals surface area contributed by atoms with E-state index in [1.165, 1.54) is 11.6 Å². The van der Waals surface area contributed by atoms with Crippen LogP contribution in [0.4, 0.5) is 5.69 Å². The quantitative estimate of drug-likeness (QED) is 0.237. The van der Waals surface area contributed by atoms with E-state index in [0.29, 0.717) is 33.8 Å². The second-order valence-corrected chi connectivity index (χ2v) is 7.96. The highest BCUT2D eigenvalue weighted by Crippen LogP contribution is 2.27. The molecule has 1 N–H and O–H groups in total. The average Bonchev–Trinajstić information content (AvgIpc) is 2.82. The fourth-order valence-electron chi connectivity index (χ4n) is 2.84. The summed E-state index contributed by atoms with van der Waals surface area (Å²) in [4.78, 5) is 12.6. The summed E-state index contributed by atoms with van der Waals surface area (Å²) in [5, 5.41) is 12.2. The van der Waals surface area contributed by atoms with Gasteiger partial charge in [0.1, 0.15) is 36.4 Å². The third-order valence-electron chi connectivity index (χ3n) is 4.58. The van der Waals surface area contributed by atoms with E-state index in [9.17, 15) is 10.1 Å². The van der Waals surface area contributed by atoms with Gasteiger partial charge in [-0.3, -0.25) is 4.79 Å². The second-order valence-electron chi connectivity index (χ2n) is 7.11. The first-order valence-electron chi connectivity index (χ1n) is 10.1. The molecule has 0 spiro atoms. The van der Waals surface area contributed by atoms with E-state index >= 15 is 0 Å². The van der Waals surface area contributed by atoms with Crippen molar-refractivity contribution in [1.82, 2.24) is 0 Å². The Morgan fingerprint density at radius 1 is 1.09 bits per heavy atom. The average molecular weight is 501 g/mol. The summed E-state index contributed by atoms with van der Waals surface area (Å²) in [6.07, 6.45) is 6.71. The number of anilines is 1. The van der Waals surface area contributed by atoms with Gasteiger partial charge in [-0.2, -0.15) is 5.26 Å². The van der Waals surface area contributed by atoms with Crippen LogP contribution in [0.3, 0.4) is 0 Å². The van der Waals surface area contributed by atoms with E-state index in [4.69, 9.17) is 15.9 Å². The van der Waals surface area contributed by atoms with Gasteiger partial charge in [0.05, 0.1) is 4.47 Å². The van der Waals surface area contributed by atoms with Crippen molar-refractivity contribution in [3.05, 3.63) is 93.5 Å². The maximum Gasteiger partial charge on any atom is 0.266 e. The minimum atomic E-state index is -0.505. The third kappa shape index (κ3) is 7.00. The zero-order chi connectivity index (χ0) is 23.6. The maximum absolute atomic E-state index is 12.6. The zero-order valence-corrected chi connectivity index (χ0v) is 19.6. The summed E-state index contributed by atoms with van der Waals surface area (Å²) in [5.74, 6) is 3.16. The number of rotatable bonds is 8. The molecule has 0 fully saturated rings. The Hall–Kier alpha value is -4.00. The molecule has 0 aliphatic rings. The van der Waals surface area contributed by atoms with Crippen molar-refractivity contribution in [2.24, 2.45) is 0 Å². The van der Waals surface area contributed by atoms with Gasteiger partial charge in [-0.15, -0.1) is 6.42 Å². The number of hydrogen-bond donors (Lipinski definition) is 1. The predicted molar refractivity (Wildman–Crippen MR) is 133 cm³/mol. The van der Waals surface area contributed by atoms with Gasteiger partial charge in [-0.25, -0.2) is 0 Å². The van der Waals surface area contributed by atoms with Crippen LogP contribution in [0.15, 0.2) is 76.8 Å². The minimum Gasteiger partial charge on any atom is -0.489 e. The molecule has 5 nitrogen and oxygen atoms in total. The third-order valence-corrected chi connectivity index (χ3v) is 5.20. The highest BCUT2D eigenvalue weighted by molar-refractivity contribution is 9.10. The summed E-state index contributed by atoms with van der Waals surface area (Å²) in [6.45, 7) is 2.64. The van der Waals surface area contributed by atoms with Crippen molar-refractivity contribution in [2.75, 3.05) is 11.9 Å². The fraction of sp³-hybridized carbons (Fsp3) is 0.111. The lowest BCUT2D eigenvalue weighted by atomic mass is 10.1. The first-order chi connectivity index (χ1) is 16.0. The van der Waals surface area contributed by atoms with Crippen molar-refractivity contribution in [1.29, 1.82) is 5.26 Å². The van der Waals surface area contributed by atoms with Crippen molar-refractivity contribution in [2.45, 2.75) is 13.5 Å². The largest absolute Gasteiger partial charge is 0.489 e. The molecule has 0 saturated heterocycles. The molecule has 164 valence electrons. The smallest absolute Gasteiger partial charge is 0.266 e.